The molecule has 0 aliphatic rings. The molecule has 0 radical (unpaired) electrons. The molecule has 0 fully saturated rings. The Labute approximate surface area is 139 Å². The molecule has 0 aliphatic heterocycles. The summed E-state index contributed by atoms with van der Waals surface area (Å²) in [6.45, 7) is 27.5. The fourth-order valence-corrected chi connectivity index (χ4v) is 8.67. The fourth-order valence-electron chi connectivity index (χ4n) is 3.49. The first kappa shape index (κ1) is 24.5. The van der Waals surface area contributed by atoms with Crippen LogP contribution in [0.15, 0.2) is 0 Å². The molecular weight excluding hydrogens is 298 g/mol. The summed E-state index contributed by atoms with van der Waals surface area (Å²) < 4.78 is 10.9. The van der Waals surface area contributed by atoms with Gasteiger partial charge in [0.1, 0.15) is 0 Å². The van der Waals surface area contributed by atoms with Gasteiger partial charge in [-0.1, -0.05) is 0 Å². The minimum atomic E-state index is -1.60. The molecule has 0 aromatic rings. The number of rotatable bonds is 12. The van der Waals surface area contributed by atoms with Gasteiger partial charge in [-0.25, -0.2) is 0 Å². The summed E-state index contributed by atoms with van der Waals surface area (Å²) in [5.41, 5.74) is 0. The Morgan fingerprint density at radius 2 is 0.545 bits per heavy atom. The lowest BCUT2D eigenvalue weighted by atomic mass is 10.6. The zero-order valence-corrected chi connectivity index (χ0v) is 17.2. The number of nitrogens with zero attached hydrogens (tertiary/aromatic N) is 4. The lowest BCUT2D eigenvalue weighted by Gasteiger charge is -2.50. The van der Waals surface area contributed by atoms with E-state index in [0.29, 0.717) is 0 Å². The van der Waals surface area contributed by atoms with Gasteiger partial charge in [0.05, 0.1) is 0 Å². The quantitative estimate of drug-likeness (QED) is 0.493. The van der Waals surface area contributed by atoms with E-state index in [4.69, 9.17) is 0 Å². The van der Waals surface area contributed by atoms with E-state index in [0.717, 1.165) is 52.4 Å². The van der Waals surface area contributed by atoms with Crippen LogP contribution >= 0.6 is 7.87 Å². The first-order chi connectivity index (χ1) is 10.1. The van der Waals surface area contributed by atoms with Crippen LogP contribution in [-0.2, 0) is 0 Å². The summed E-state index contributed by atoms with van der Waals surface area (Å²) in [5, 5.41) is 0. The fraction of sp³-hybridized carbons (Fsp3) is 1.00. The minimum Gasteiger partial charge on any atom is -1.00 e. The lowest BCUT2D eigenvalue weighted by Crippen LogP contribution is -3.00. The molecule has 0 saturated heterocycles. The second-order valence-electron chi connectivity index (χ2n) is 5.09. The Morgan fingerprint density at radius 1 is 0.409 bits per heavy atom. The zero-order valence-electron chi connectivity index (χ0n) is 16.3. The molecule has 0 atom stereocenters. The Balaban J connectivity index is 0. The molecule has 136 valence electrons. The summed E-state index contributed by atoms with van der Waals surface area (Å²) in [7, 11) is -1.60. The zero-order chi connectivity index (χ0) is 16.5. The van der Waals surface area contributed by atoms with E-state index in [1.165, 1.54) is 0 Å². The van der Waals surface area contributed by atoms with E-state index in [1.54, 1.807) is 0 Å². The third-order valence-corrected chi connectivity index (χ3v) is 9.74. The van der Waals surface area contributed by atoms with E-state index in [1.807, 2.05) is 0 Å². The summed E-state index contributed by atoms with van der Waals surface area (Å²) in [6.07, 6.45) is 0. The second-order valence-corrected chi connectivity index (χ2v) is 8.43. The van der Waals surface area contributed by atoms with Gasteiger partial charge in [0, 0.05) is 52.4 Å². The SMILES string of the molecule is CCN(CC)[P+](N(CC)CC)(N(CC)CC)N(CC)CC.[F-]. The van der Waals surface area contributed by atoms with Gasteiger partial charge in [0.25, 0.3) is 0 Å². The van der Waals surface area contributed by atoms with Crippen LogP contribution in [0.2, 0.25) is 0 Å². The minimum absolute atomic E-state index is 0. The maximum atomic E-state index is 2.74. The number of hydrogen-bond acceptors (Lipinski definition) is 4. The maximum Gasteiger partial charge on any atom is 0.308 e. The predicted octanol–water partition coefficient (Wildman–Crippen LogP) is 1.04. The summed E-state index contributed by atoms with van der Waals surface area (Å²) in [5.74, 6) is 0. The van der Waals surface area contributed by atoms with Gasteiger partial charge in [-0.15, -0.1) is 18.7 Å². The van der Waals surface area contributed by atoms with Crippen LogP contribution in [0.4, 0.5) is 0 Å². The van der Waals surface area contributed by atoms with Crippen molar-refractivity contribution >= 4 is 7.87 Å². The molecule has 0 aromatic carbocycles. The Hall–Kier alpha value is 0.200. The summed E-state index contributed by atoms with van der Waals surface area (Å²) in [4.78, 5) is 0. The molecule has 6 heteroatoms. The second kappa shape index (κ2) is 12.6. The van der Waals surface area contributed by atoms with Crippen molar-refractivity contribution in [2.24, 2.45) is 0 Å². The van der Waals surface area contributed by atoms with Gasteiger partial charge in [-0.05, 0) is 55.4 Å². The third kappa shape index (κ3) is 4.61. The van der Waals surface area contributed by atoms with Crippen LogP contribution in [-0.4, -0.2) is 71.0 Å². The molecule has 0 rings (SSSR count). The van der Waals surface area contributed by atoms with Crippen LogP contribution in [0, 0.1) is 0 Å². The normalized spacial score (nSPS) is 12.5. The van der Waals surface area contributed by atoms with E-state index in [-0.39, 0.29) is 4.70 Å². The van der Waals surface area contributed by atoms with Gasteiger partial charge < -0.3 is 4.70 Å². The first-order valence-electron chi connectivity index (χ1n) is 8.99. The highest BCUT2D eigenvalue weighted by Crippen LogP contribution is 2.69. The smallest absolute Gasteiger partial charge is 0.308 e. The summed E-state index contributed by atoms with van der Waals surface area (Å²) in [6, 6.07) is 0. The Bertz CT molecular complexity index is 199. The van der Waals surface area contributed by atoms with Crippen molar-refractivity contribution in [1.82, 2.24) is 18.7 Å². The van der Waals surface area contributed by atoms with Crippen LogP contribution in [0.3, 0.4) is 0 Å². The molecule has 0 heterocycles. The topological polar surface area (TPSA) is 13.0 Å². The Morgan fingerprint density at radius 3 is 0.636 bits per heavy atom. The molecule has 22 heavy (non-hydrogen) atoms. The molecule has 0 aliphatic carbocycles. The highest BCUT2D eigenvalue weighted by atomic mass is 31.2. The number of halogens is 1. The van der Waals surface area contributed by atoms with E-state index >= 15 is 0 Å². The molecule has 0 aromatic heterocycles. The van der Waals surface area contributed by atoms with Crippen LogP contribution in [0.5, 0.6) is 0 Å². The van der Waals surface area contributed by atoms with Gasteiger partial charge >= 0.3 is 7.87 Å². The van der Waals surface area contributed by atoms with Gasteiger partial charge in [0.15, 0.2) is 0 Å². The molecule has 4 nitrogen and oxygen atoms in total. The van der Waals surface area contributed by atoms with Crippen molar-refractivity contribution in [1.29, 1.82) is 0 Å². The molecule has 0 saturated carbocycles. The molecule has 0 unspecified atom stereocenters. The van der Waals surface area contributed by atoms with Crippen molar-refractivity contribution < 1.29 is 4.70 Å². The van der Waals surface area contributed by atoms with Crippen LogP contribution < -0.4 is 4.70 Å². The van der Waals surface area contributed by atoms with E-state index in [2.05, 4.69) is 74.1 Å². The highest BCUT2D eigenvalue weighted by Gasteiger charge is 2.58. The van der Waals surface area contributed by atoms with Crippen LogP contribution in [0.25, 0.3) is 0 Å². The molecule has 0 spiro atoms. The van der Waals surface area contributed by atoms with Gasteiger partial charge in [-0.2, -0.15) is 0 Å². The van der Waals surface area contributed by atoms with E-state index in [9.17, 15) is 0 Å². The Kier molecular flexibility index (Phi) is 14.0. The van der Waals surface area contributed by atoms with Crippen molar-refractivity contribution in [3.8, 4) is 0 Å². The van der Waals surface area contributed by atoms with Crippen molar-refractivity contribution in [3.63, 3.8) is 0 Å². The van der Waals surface area contributed by atoms with Gasteiger partial charge in [-0.3, -0.25) is 0 Å². The molecule has 0 amide bonds. The van der Waals surface area contributed by atoms with Crippen molar-refractivity contribution in [3.05, 3.63) is 0 Å². The van der Waals surface area contributed by atoms with Crippen LogP contribution in [0.1, 0.15) is 55.4 Å². The average molecular weight is 338 g/mol. The van der Waals surface area contributed by atoms with Crippen molar-refractivity contribution in [2.75, 3.05) is 52.4 Å². The average Bonchev–Trinajstić information content (AvgIpc) is 2.51. The van der Waals surface area contributed by atoms with Crippen molar-refractivity contribution in [2.45, 2.75) is 55.4 Å². The monoisotopic (exact) mass is 338 g/mol. The highest BCUT2D eigenvalue weighted by molar-refractivity contribution is 7.66. The third-order valence-electron chi connectivity index (χ3n) is 4.44. The lowest BCUT2D eigenvalue weighted by molar-refractivity contribution is -0.00000569. The molecular formula is C16H40FN4P. The standard InChI is InChI=1S/C16H40N4P.FH/c1-9-17(10-2)21(18(11-3)12-4,19(13-5)14-6)20(15-7)16-8;/h9-16H2,1-8H3;1H/q+1;/p-1. The maximum absolute atomic E-state index is 2.74. The molecule has 0 bridgehead atoms. The molecule has 0 N–H and O–H groups in total. The van der Waals surface area contributed by atoms with Gasteiger partial charge in [0.2, 0.25) is 0 Å². The van der Waals surface area contributed by atoms with E-state index < -0.39 is 7.87 Å². The first-order valence-corrected chi connectivity index (χ1v) is 10.6. The number of hydrogen-bond donors (Lipinski definition) is 0. The summed E-state index contributed by atoms with van der Waals surface area (Å²) >= 11 is 0. The largest absolute Gasteiger partial charge is 1.00 e. The predicted molar refractivity (Wildman–Crippen MR) is 98.6 cm³/mol.